The molecule has 2 rings (SSSR count). The van der Waals surface area contributed by atoms with Crippen LogP contribution in [0.1, 0.15) is 25.7 Å². The quantitative estimate of drug-likeness (QED) is 0.816. The fourth-order valence-corrected chi connectivity index (χ4v) is 2.56. The van der Waals surface area contributed by atoms with Crippen LogP contribution in [0.25, 0.3) is 0 Å². The highest BCUT2D eigenvalue weighted by atomic mass is 32.1. The zero-order chi connectivity index (χ0) is 11.4. The van der Waals surface area contributed by atoms with Gasteiger partial charge in [0.1, 0.15) is 6.33 Å². The Kier molecular flexibility index (Phi) is 3.71. The summed E-state index contributed by atoms with van der Waals surface area (Å²) in [5.74, 6) is 0.00633. The van der Waals surface area contributed by atoms with Crippen molar-refractivity contribution >= 4 is 22.6 Å². The van der Waals surface area contributed by atoms with Gasteiger partial charge < -0.3 is 10.1 Å². The summed E-state index contributed by atoms with van der Waals surface area (Å²) in [7, 11) is 1.45. The van der Waals surface area contributed by atoms with Crippen LogP contribution in [0, 0.1) is 5.92 Å². The average molecular weight is 241 g/mol. The number of carbonyl (C=O) groups is 1. The van der Waals surface area contributed by atoms with Crippen LogP contribution < -0.4 is 5.32 Å². The van der Waals surface area contributed by atoms with Crippen molar-refractivity contribution in [3.05, 3.63) is 6.33 Å². The van der Waals surface area contributed by atoms with Gasteiger partial charge in [0.15, 0.2) is 0 Å². The molecule has 0 unspecified atom stereocenters. The van der Waals surface area contributed by atoms with E-state index in [2.05, 4.69) is 14.7 Å². The number of carbonyl (C=O) groups excluding carboxylic acids is 1. The summed E-state index contributed by atoms with van der Waals surface area (Å²) in [5.41, 5.74) is 0. The van der Waals surface area contributed by atoms with Gasteiger partial charge in [0.2, 0.25) is 5.13 Å². The fourth-order valence-electron chi connectivity index (χ4n) is 2.05. The minimum atomic E-state index is -0.0747. The van der Waals surface area contributed by atoms with Gasteiger partial charge in [-0.1, -0.05) is 0 Å². The second kappa shape index (κ2) is 5.25. The van der Waals surface area contributed by atoms with Crippen molar-refractivity contribution in [1.82, 2.24) is 9.36 Å². The predicted octanol–water partition coefficient (Wildman–Crippen LogP) is 1.68. The van der Waals surface area contributed by atoms with Crippen molar-refractivity contribution < 1.29 is 9.53 Å². The minimum absolute atomic E-state index is 0.0747. The van der Waals surface area contributed by atoms with Gasteiger partial charge in [0.25, 0.3) is 0 Å². The largest absolute Gasteiger partial charge is 0.469 e. The van der Waals surface area contributed by atoms with Crippen molar-refractivity contribution in [2.24, 2.45) is 5.92 Å². The third-order valence-corrected chi connectivity index (χ3v) is 3.55. The molecule has 1 heterocycles. The molecule has 6 heteroatoms. The second-order valence-electron chi connectivity index (χ2n) is 3.96. The topological polar surface area (TPSA) is 64.1 Å². The van der Waals surface area contributed by atoms with E-state index in [1.165, 1.54) is 18.6 Å². The van der Waals surface area contributed by atoms with E-state index in [1.54, 1.807) is 6.33 Å². The Morgan fingerprint density at radius 1 is 1.50 bits per heavy atom. The summed E-state index contributed by atoms with van der Waals surface area (Å²) in [4.78, 5) is 15.4. The number of aromatic nitrogens is 2. The third-order valence-electron chi connectivity index (χ3n) is 2.95. The summed E-state index contributed by atoms with van der Waals surface area (Å²) in [5, 5.41) is 4.19. The summed E-state index contributed by atoms with van der Waals surface area (Å²) in [6, 6.07) is 0.411. The molecule has 0 aromatic carbocycles. The van der Waals surface area contributed by atoms with Gasteiger partial charge in [0.05, 0.1) is 13.0 Å². The Morgan fingerprint density at radius 2 is 2.25 bits per heavy atom. The minimum Gasteiger partial charge on any atom is -0.469 e. The Labute approximate surface area is 98.4 Å². The highest BCUT2D eigenvalue weighted by Crippen LogP contribution is 2.27. The molecule has 1 fully saturated rings. The van der Waals surface area contributed by atoms with Gasteiger partial charge in [-0.15, -0.1) is 0 Å². The fraction of sp³-hybridized carbons (Fsp3) is 0.700. The number of hydrogen-bond acceptors (Lipinski definition) is 6. The van der Waals surface area contributed by atoms with Crippen LogP contribution in [-0.2, 0) is 9.53 Å². The van der Waals surface area contributed by atoms with Crippen LogP contribution in [0.15, 0.2) is 6.33 Å². The molecule has 0 radical (unpaired) electrons. The van der Waals surface area contributed by atoms with Gasteiger partial charge >= 0.3 is 5.97 Å². The first-order chi connectivity index (χ1) is 7.79. The summed E-state index contributed by atoms with van der Waals surface area (Å²) in [6.45, 7) is 0. The zero-order valence-corrected chi connectivity index (χ0v) is 10.00. The summed E-state index contributed by atoms with van der Waals surface area (Å²) in [6.07, 6.45) is 5.30. The SMILES string of the molecule is COC(=O)C1CCC(Nc2ncns2)CC1. The molecule has 16 heavy (non-hydrogen) atoms. The molecule has 0 amide bonds. The van der Waals surface area contributed by atoms with Crippen LogP contribution >= 0.6 is 11.5 Å². The second-order valence-corrected chi connectivity index (χ2v) is 4.74. The van der Waals surface area contributed by atoms with Crippen LogP contribution in [0.2, 0.25) is 0 Å². The van der Waals surface area contributed by atoms with E-state index in [9.17, 15) is 4.79 Å². The van der Waals surface area contributed by atoms with E-state index in [1.807, 2.05) is 0 Å². The number of methoxy groups -OCH3 is 1. The molecule has 0 saturated heterocycles. The van der Waals surface area contributed by atoms with Crippen molar-refractivity contribution in [3.63, 3.8) is 0 Å². The first-order valence-corrected chi connectivity index (χ1v) is 6.18. The lowest BCUT2D eigenvalue weighted by Gasteiger charge is -2.27. The molecule has 1 aromatic heterocycles. The van der Waals surface area contributed by atoms with E-state index in [4.69, 9.17) is 4.74 Å². The van der Waals surface area contributed by atoms with Crippen LogP contribution in [0.3, 0.4) is 0 Å². The average Bonchev–Trinajstić information content (AvgIpc) is 2.82. The lowest BCUT2D eigenvalue weighted by molar-refractivity contribution is -0.146. The van der Waals surface area contributed by atoms with Crippen molar-refractivity contribution in [1.29, 1.82) is 0 Å². The van der Waals surface area contributed by atoms with Crippen molar-refractivity contribution in [2.45, 2.75) is 31.7 Å². The maximum absolute atomic E-state index is 11.3. The number of ether oxygens (including phenoxy) is 1. The van der Waals surface area contributed by atoms with E-state index in [-0.39, 0.29) is 11.9 Å². The van der Waals surface area contributed by atoms with Crippen LogP contribution in [0.4, 0.5) is 5.13 Å². The highest BCUT2D eigenvalue weighted by Gasteiger charge is 2.26. The van der Waals surface area contributed by atoms with Gasteiger partial charge in [-0.05, 0) is 25.7 Å². The zero-order valence-electron chi connectivity index (χ0n) is 9.18. The summed E-state index contributed by atoms with van der Waals surface area (Å²) >= 11 is 1.36. The lowest BCUT2D eigenvalue weighted by Crippen LogP contribution is -2.29. The molecule has 0 bridgehead atoms. The maximum atomic E-state index is 11.3. The van der Waals surface area contributed by atoms with Gasteiger partial charge in [0, 0.05) is 17.6 Å². The van der Waals surface area contributed by atoms with Crippen LogP contribution in [0.5, 0.6) is 0 Å². The van der Waals surface area contributed by atoms with E-state index >= 15 is 0 Å². The Balaban J connectivity index is 1.79. The molecule has 1 aromatic rings. The number of esters is 1. The third kappa shape index (κ3) is 2.69. The normalized spacial score (nSPS) is 25.1. The molecule has 5 nitrogen and oxygen atoms in total. The van der Waals surface area contributed by atoms with Gasteiger partial charge in [-0.3, -0.25) is 4.79 Å². The number of hydrogen-bond donors (Lipinski definition) is 1. The highest BCUT2D eigenvalue weighted by molar-refractivity contribution is 7.09. The molecule has 1 aliphatic rings. The number of anilines is 1. The standard InChI is InChI=1S/C10H15N3O2S/c1-15-9(14)7-2-4-8(5-3-7)13-10-11-6-12-16-10/h6-8H,2-5H2,1H3,(H,11,12,13). The first-order valence-electron chi connectivity index (χ1n) is 5.40. The Hall–Kier alpha value is -1.17. The molecule has 88 valence electrons. The molecular formula is C10H15N3O2S. The summed E-state index contributed by atoms with van der Waals surface area (Å²) < 4.78 is 8.69. The Bertz CT molecular complexity index is 334. The lowest BCUT2D eigenvalue weighted by atomic mass is 9.86. The van der Waals surface area contributed by atoms with E-state index in [0.29, 0.717) is 6.04 Å². The Morgan fingerprint density at radius 3 is 2.81 bits per heavy atom. The number of nitrogens with one attached hydrogen (secondary N) is 1. The molecular weight excluding hydrogens is 226 g/mol. The van der Waals surface area contributed by atoms with Crippen molar-refractivity contribution in [3.8, 4) is 0 Å². The smallest absolute Gasteiger partial charge is 0.308 e. The predicted molar refractivity (Wildman–Crippen MR) is 61.3 cm³/mol. The molecule has 1 saturated carbocycles. The molecule has 0 aliphatic heterocycles. The molecule has 1 N–H and O–H groups in total. The van der Waals surface area contributed by atoms with Crippen molar-refractivity contribution in [2.75, 3.05) is 12.4 Å². The van der Waals surface area contributed by atoms with E-state index in [0.717, 1.165) is 30.8 Å². The molecule has 0 atom stereocenters. The van der Waals surface area contributed by atoms with Crippen LogP contribution in [-0.4, -0.2) is 28.5 Å². The van der Waals surface area contributed by atoms with Gasteiger partial charge in [-0.25, -0.2) is 4.98 Å². The first kappa shape index (κ1) is 11.3. The maximum Gasteiger partial charge on any atom is 0.308 e. The number of rotatable bonds is 3. The van der Waals surface area contributed by atoms with E-state index < -0.39 is 0 Å². The number of nitrogens with zero attached hydrogens (tertiary/aromatic N) is 2. The van der Waals surface area contributed by atoms with Gasteiger partial charge in [-0.2, -0.15) is 4.37 Å². The molecule has 1 aliphatic carbocycles. The monoisotopic (exact) mass is 241 g/mol. The molecule has 0 spiro atoms.